The Hall–Kier alpha value is -4.21. The first-order valence-corrected chi connectivity index (χ1v) is 10.1. The molecule has 10 heteroatoms. The molecule has 0 bridgehead atoms. The first-order valence-electron chi connectivity index (χ1n) is 10.1. The number of rotatable bonds is 4. The molecule has 1 heterocycles. The molecule has 34 heavy (non-hydrogen) atoms. The number of nitro benzene ring substituents is 1. The van der Waals surface area contributed by atoms with Crippen molar-refractivity contribution >= 4 is 28.4 Å². The molecule has 174 valence electrons. The number of fused-ring (bicyclic) bond motifs is 1. The molecule has 0 unspecified atom stereocenters. The maximum atomic E-state index is 13.0. The van der Waals surface area contributed by atoms with Gasteiger partial charge in [-0.15, -0.1) is 0 Å². The first-order chi connectivity index (χ1) is 15.9. The summed E-state index contributed by atoms with van der Waals surface area (Å²) in [6, 6.07) is 10.9. The number of carbonyl (C=O) groups is 1. The Morgan fingerprint density at radius 1 is 1.00 bits per heavy atom. The number of benzene rings is 3. The summed E-state index contributed by atoms with van der Waals surface area (Å²) in [6.07, 6.45) is -4.92. The highest BCUT2D eigenvalue weighted by molar-refractivity contribution is 6.05. The summed E-state index contributed by atoms with van der Waals surface area (Å²) in [5.41, 5.74) is 2.12. The molecule has 0 aliphatic heterocycles. The second-order valence-electron chi connectivity index (χ2n) is 7.89. The third kappa shape index (κ3) is 4.34. The van der Waals surface area contributed by atoms with Crippen LogP contribution in [-0.4, -0.2) is 15.8 Å². The molecule has 7 nitrogen and oxygen atoms in total. The highest BCUT2D eigenvalue weighted by Gasteiger charge is 2.38. The van der Waals surface area contributed by atoms with Gasteiger partial charge in [-0.1, -0.05) is 6.07 Å². The fourth-order valence-electron chi connectivity index (χ4n) is 3.45. The highest BCUT2D eigenvalue weighted by Crippen LogP contribution is 2.36. The van der Waals surface area contributed by atoms with Crippen molar-refractivity contribution in [2.45, 2.75) is 26.9 Å². The van der Waals surface area contributed by atoms with E-state index in [2.05, 4.69) is 10.3 Å². The van der Waals surface area contributed by atoms with Gasteiger partial charge in [-0.05, 0) is 73.9 Å². The fraction of sp³-hybridized carbons (Fsp3) is 0.167. The van der Waals surface area contributed by atoms with E-state index in [1.165, 1.54) is 0 Å². The van der Waals surface area contributed by atoms with E-state index in [0.717, 1.165) is 17.2 Å². The normalized spacial score (nSPS) is 11.6. The molecule has 4 aromatic rings. The number of hydrogen-bond acceptors (Lipinski definition) is 5. The number of anilines is 1. The Morgan fingerprint density at radius 3 is 2.38 bits per heavy atom. The van der Waals surface area contributed by atoms with Crippen LogP contribution in [0.5, 0.6) is 0 Å². The lowest BCUT2D eigenvalue weighted by molar-refractivity contribution is -0.388. The molecule has 0 radical (unpaired) electrons. The summed E-state index contributed by atoms with van der Waals surface area (Å²) in [7, 11) is 0. The zero-order chi connectivity index (χ0) is 24.8. The molecule has 1 amide bonds. The van der Waals surface area contributed by atoms with Gasteiger partial charge in [0.25, 0.3) is 11.6 Å². The van der Waals surface area contributed by atoms with Crippen molar-refractivity contribution < 1.29 is 27.3 Å². The van der Waals surface area contributed by atoms with E-state index >= 15 is 0 Å². The second-order valence-corrected chi connectivity index (χ2v) is 7.89. The summed E-state index contributed by atoms with van der Waals surface area (Å²) in [5.74, 6) is -0.457. The van der Waals surface area contributed by atoms with Gasteiger partial charge in [-0.2, -0.15) is 13.2 Å². The van der Waals surface area contributed by atoms with Crippen molar-refractivity contribution in [3.63, 3.8) is 0 Å². The van der Waals surface area contributed by atoms with E-state index in [0.29, 0.717) is 45.9 Å². The van der Waals surface area contributed by atoms with Crippen molar-refractivity contribution in [2.75, 3.05) is 5.32 Å². The summed E-state index contributed by atoms with van der Waals surface area (Å²) in [5, 5.41) is 13.7. The second kappa shape index (κ2) is 8.29. The van der Waals surface area contributed by atoms with E-state index in [1.807, 2.05) is 26.0 Å². The summed E-state index contributed by atoms with van der Waals surface area (Å²) in [4.78, 5) is 27.2. The Kier molecular flexibility index (Phi) is 5.60. The zero-order valence-corrected chi connectivity index (χ0v) is 18.3. The Balaban J connectivity index is 1.66. The lowest BCUT2D eigenvalue weighted by Gasteiger charge is -2.11. The van der Waals surface area contributed by atoms with Gasteiger partial charge in [0.05, 0.1) is 4.92 Å². The third-order valence-electron chi connectivity index (χ3n) is 5.50. The number of oxazole rings is 1. The van der Waals surface area contributed by atoms with Gasteiger partial charge in [0.15, 0.2) is 5.58 Å². The average molecular weight is 469 g/mol. The smallest absolute Gasteiger partial charge is 0.422 e. The van der Waals surface area contributed by atoms with Crippen LogP contribution in [0.25, 0.3) is 22.6 Å². The predicted octanol–water partition coefficient (Wildman–Crippen LogP) is 6.60. The first kappa shape index (κ1) is 23.0. The van der Waals surface area contributed by atoms with Gasteiger partial charge in [0, 0.05) is 22.9 Å². The molecule has 0 aliphatic carbocycles. The van der Waals surface area contributed by atoms with E-state index in [-0.39, 0.29) is 5.56 Å². The fourth-order valence-corrected chi connectivity index (χ4v) is 3.45. The topological polar surface area (TPSA) is 98.3 Å². The van der Waals surface area contributed by atoms with Gasteiger partial charge in [-0.25, -0.2) is 4.98 Å². The van der Waals surface area contributed by atoms with Crippen molar-refractivity contribution in [3.8, 4) is 11.5 Å². The standard InChI is InChI=1S/C24H18F3N3O4/c1-12-4-5-16(23-29-19-8-13(2)14(3)9-21(19)34-23)10-18(12)28-22(31)15-6-7-17(24(25,26)27)20(11-15)30(32)33/h4-11H,1-3H3,(H,28,31). The molecule has 0 fully saturated rings. The minimum atomic E-state index is -4.92. The molecule has 0 atom stereocenters. The van der Waals surface area contributed by atoms with Crippen LogP contribution in [0, 0.1) is 30.9 Å². The van der Waals surface area contributed by atoms with Gasteiger partial charge in [0.2, 0.25) is 5.89 Å². The molecule has 1 N–H and O–H groups in total. The number of nitrogens with zero attached hydrogens (tertiary/aromatic N) is 2. The van der Waals surface area contributed by atoms with Gasteiger partial charge in [-0.3, -0.25) is 14.9 Å². The Bertz CT molecular complexity index is 1420. The van der Waals surface area contributed by atoms with Crippen LogP contribution in [-0.2, 0) is 6.18 Å². The van der Waals surface area contributed by atoms with Gasteiger partial charge >= 0.3 is 6.18 Å². The van der Waals surface area contributed by atoms with Crippen LogP contribution >= 0.6 is 0 Å². The maximum absolute atomic E-state index is 13.0. The molecular weight excluding hydrogens is 451 g/mol. The van der Waals surface area contributed by atoms with E-state index in [4.69, 9.17) is 4.42 Å². The molecule has 0 saturated carbocycles. The van der Waals surface area contributed by atoms with E-state index < -0.39 is 28.3 Å². The largest absolute Gasteiger partial charge is 0.436 e. The number of aromatic nitrogens is 1. The average Bonchev–Trinajstić information content (AvgIpc) is 3.17. The molecule has 0 aliphatic rings. The number of alkyl halides is 3. The minimum absolute atomic E-state index is 0.280. The van der Waals surface area contributed by atoms with Crippen LogP contribution in [0.3, 0.4) is 0 Å². The van der Waals surface area contributed by atoms with Crippen LogP contribution in [0.1, 0.15) is 32.6 Å². The summed E-state index contributed by atoms with van der Waals surface area (Å²) >= 11 is 0. The Labute approximate surface area is 191 Å². The molecule has 0 saturated heterocycles. The van der Waals surface area contributed by atoms with Crippen molar-refractivity contribution in [3.05, 3.63) is 86.5 Å². The van der Waals surface area contributed by atoms with Crippen LogP contribution in [0.15, 0.2) is 52.9 Å². The van der Waals surface area contributed by atoms with Crippen molar-refractivity contribution in [1.82, 2.24) is 4.98 Å². The number of carbonyl (C=O) groups excluding carboxylic acids is 1. The quantitative estimate of drug-likeness (QED) is 0.268. The van der Waals surface area contributed by atoms with Crippen LogP contribution in [0.2, 0.25) is 0 Å². The number of nitrogens with one attached hydrogen (secondary N) is 1. The number of amides is 1. The number of halogens is 3. The number of hydrogen-bond donors (Lipinski definition) is 1. The SMILES string of the molecule is Cc1cc2nc(-c3ccc(C)c(NC(=O)c4ccc(C(F)(F)F)c([N+](=O)[O-])c4)c3)oc2cc1C. The highest BCUT2D eigenvalue weighted by atomic mass is 19.4. The maximum Gasteiger partial charge on any atom is 0.422 e. The van der Waals surface area contributed by atoms with Gasteiger partial charge < -0.3 is 9.73 Å². The molecule has 3 aromatic carbocycles. The zero-order valence-electron chi connectivity index (χ0n) is 18.3. The van der Waals surface area contributed by atoms with Crippen molar-refractivity contribution in [1.29, 1.82) is 0 Å². The lowest BCUT2D eigenvalue weighted by Crippen LogP contribution is -2.15. The lowest BCUT2D eigenvalue weighted by atomic mass is 10.1. The van der Waals surface area contributed by atoms with E-state index in [1.54, 1.807) is 25.1 Å². The predicted molar refractivity (Wildman–Crippen MR) is 120 cm³/mol. The van der Waals surface area contributed by atoms with Crippen LogP contribution < -0.4 is 5.32 Å². The molecule has 0 spiro atoms. The minimum Gasteiger partial charge on any atom is -0.436 e. The Morgan fingerprint density at radius 2 is 1.71 bits per heavy atom. The van der Waals surface area contributed by atoms with Crippen molar-refractivity contribution in [2.24, 2.45) is 0 Å². The monoisotopic (exact) mass is 469 g/mol. The molecule has 4 rings (SSSR count). The summed E-state index contributed by atoms with van der Waals surface area (Å²) in [6.45, 7) is 5.66. The van der Waals surface area contributed by atoms with Crippen LogP contribution in [0.4, 0.5) is 24.5 Å². The van der Waals surface area contributed by atoms with Gasteiger partial charge in [0.1, 0.15) is 11.1 Å². The van der Waals surface area contributed by atoms with E-state index in [9.17, 15) is 28.1 Å². The summed E-state index contributed by atoms with van der Waals surface area (Å²) < 4.78 is 45.0. The molecule has 1 aromatic heterocycles. The third-order valence-corrected chi connectivity index (χ3v) is 5.50. The molecular formula is C24H18F3N3O4. The number of aryl methyl sites for hydroxylation is 3. The number of nitro groups is 1.